The van der Waals surface area contributed by atoms with E-state index in [1.54, 1.807) is 26.0 Å². The monoisotopic (exact) mass is 552 g/mol. The van der Waals surface area contributed by atoms with Gasteiger partial charge in [0.25, 0.3) is 0 Å². The Balaban J connectivity index is 3.05. The second kappa shape index (κ2) is 15.9. The van der Waals surface area contributed by atoms with Crippen LogP contribution in [0.3, 0.4) is 0 Å². The van der Waals surface area contributed by atoms with Gasteiger partial charge in [-0.1, -0.05) is 32.4 Å². The van der Waals surface area contributed by atoms with Gasteiger partial charge in [-0.05, 0) is 42.9 Å². The molecule has 9 N–H and O–H groups in total. The van der Waals surface area contributed by atoms with E-state index in [-0.39, 0.29) is 25.0 Å². The summed E-state index contributed by atoms with van der Waals surface area (Å²) in [5.41, 5.74) is 6.55. The van der Waals surface area contributed by atoms with E-state index in [1.807, 2.05) is 0 Å². The van der Waals surface area contributed by atoms with Crippen molar-refractivity contribution in [2.45, 2.75) is 76.5 Å². The molecule has 0 aliphatic heterocycles. The third-order valence-electron chi connectivity index (χ3n) is 6.07. The molecule has 0 saturated carbocycles. The molecule has 5 unspecified atom stereocenters. The molecule has 1 aromatic carbocycles. The van der Waals surface area contributed by atoms with Gasteiger partial charge in [-0.2, -0.15) is 0 Å². The summed E-state index contributed by atoms with van der Waals surface area (Å²) in [5, 5.41) is 44.0. The fourth-order valence-electron chi connectivity index (χ4n) is 3.54. The Labute approximate surface area is 225 Å². The predicted octanol–water partition coefficient (Wildman–Crippen LogP) is -0.423. The first kappa shape index (κ1) is 32.8. The average Bonchev–Trinajstić information content (AvgIpc) is 2.87. The minimum Gasteiger partial charge on any atom is -0.508 e. The number of hydrogen-bond acceptors (Lipinski definition) is 8. The summed E-state index contributed by atoms with van der Waals surface area (Å²) in [4.78, 5) is 72.5. The molecule has 0 spiro atoms. The Morgan fingerprint density at radius 1 is 0.795 bits per heavy atom. The zero-order valence-corrected chi connectivity index (χ0v) is 21.8. The van der Waals surface area contributed by atoms with Crippen LogP contribution in [0.4, 0.5) is 0 Å². The quantitative estimate of drug-likeness (QED) is 0.123. The highest BCUT2D eigenvalue weighted by Crippen LogP contribution is 2.12. The lowest BCUT2D eigenvalue weighted by Gasteiger charge is -2.26. The van der Waals surface area contributed by atoms with Crippen molar-refractivity contribution < 1.29 is 49.2 Å². The normalized spacial score (nSPS) is 14.6. The van der Waals surface area contributed by atoms with E-state index in [2.05, 4.69) is 16.0 Å². The molecule has 0 aliphatic rings. The van der Waals surface area contributed by atoms with Crippen LogP contribution in [0, 0.1) is 5.92 Å². The number of amides is 3. The van der Waals surface area contributed by atoms with E-state index in [0.29, 0.717) is 12.0 Å². The van der Waals surface area contributed by atoms with Gasteiger partial charge in [0, 0.05) is 12.8 Å². The number of carbonyl (C=O) groups excluding carboxylic acids is 3. The van der Waals surface area contributed by atoms with E-state index in [4.69, 9.17) is 15.9 Å². The SMILES string of the molecule is CCC(C)C(NC(=O)C(CCC(=O)O)NC(=O)C(CCC(=O)O)NC(=O)C(N)Cc1ccc(O)cc1)C(=O)O. The van der Waals surface area contributed by atoms with Gasteiger partial charge in [0.15, 0.2) is 0 Å². The number of benzene rings is 1. The van der Waals surface area contributed by atoms with Crippen molar-refractivity contribution in [3.63, 3.8) is 0 Å². The van der Waals surface area contributed by atoms with Crippen molar-refractivity contribution >= 4 is 35.6 Å². The maximum atomic E-state index is 13.0. The minimum absolute atomic E-state index is 0.0162. The summed E-state index contributed by atoms with van der Waals surface area (Å²) >= 11 is 0. The third-order valence-corrected chi connectivity index (χ3v) is 6.07. The molecule has 14 heteroatoms. The summed E-state index contributed by atoms with van der Waals surface area (Å²) in [7, 11) is 0. The van der Waals surface area contributed by atoms with E-state index in [0.717, 1.165) is 0 Å². The van der Waals surface area contributed by atoms with Crippen LogP contribution in [0.2, 0.25) is 0 Å². The van der Waals surface area contributed by atoms with Gasteiger partial charge >= 0.3 is 17.9 Å². The standard InChI is InChI=1S/C25H36N4O10/c1-3-13(2)21(25(38)39)29-24(37)18(9-11-20(33)34)28-23(36)17(8-10-19(31)32)27-22(35)16(26)12-14-4-6-15(30)7-5-14/h4-7,13,16-18,21,30H,3,8-12,26H2,1-2H3,(H,27,35)(H,28,36)(H,29,37)(H,31,32)(H,33,34)(H,38,39). The average molecular weight is 553 g/mol. The fourth-order valence-corrected chi connectivity index (χ4v) is 3.54. The highest BCUT2D eigenvalue weighted by Gasteiger charge is 2.32. The molecule has 0 bridgehead atoms. The van der Waals surface area contributed by atoms with Crippen molar-refractivity contribution in [2.24, 2.45) is 11.7 Å². The molecule has 0 fully saturated rings. The maximum absolute atomic E-state index is 13.0. The Morgan fingerprint density at radius 2 is 1.26 bits per heavy atom. The fraction of sp³-hybridized carbons (Fsp3) is 0.520. The smallest absolute Gasteiger partial charge is 0.326 e. The number of carboxylic acids is 3. The number of carboxylic acid groups (broad SMARTS) is 3. The largest absolute Gasteiger partial charge is 0.508 e. The van der Waals surface area contributed by atoms with Gasteiger partial charge in [-0.25, -0.2) is 4.79 Å². The van der Waals surface area contributed by atoms with E-state index in [9.17, 15) is 39.0 Å². The lowest BCUT2D eigenvalue weighted by molar-refractivity contribution is -0.144. The lowest BCUT2D eigenvalue weighted by atomic mass is 9.98. The number of nitrogens with two attached hydrogens (primary N) is 1. The summed E-state index contributed by atoms with van der Waals surface area (Å²) in [5.74, 6) is -6.99. The first-order valence-electron chi connectivity index (χ1n) is 12.4. The van der Waals surface area contributed by atoms with Crippen molar-refractivity contribution in [1.82, 2.24) is 16.0 Å². The molecule has 216 valence electrons. The van der Waals surface area contributed by atoms with Crippen LogP contribution < -0.4 is 21.7 Å². The topological polar surface area (TPSA) is 245 Å². The van der Waals surface area contributed by atoms with E-state index < -0.39 is 78.6 Å². The Kier molecular flexibility index (Phi) is 13.4. The van der Waals surface area contributed by atoms with Gasteiger partial charge in [0.1, 0.15) is 23.9 Å². The Morgan fingerprint density at radius 3 is 1.69 bits per heavy atom. The van der Waals surface area contributed by atoms with Gasteiger partial charge in [0.2, 0.25) is 17.7 Å². The van der Waals surface area contributed by atoms with E-state index >= 15 is 0 Å². The number of nitrogens with one attached hydrogen (secondary N) is 3. The van der Waals surface area contributed by atoms with E-state index in [1.165, 1.54) is 12.1 Å². The van der Waals surface area contributed by atoms with Crippen molar-refractivity contribution in [1.29, 1.82) is 0 Å². The van der Waals surface area contributed by atoms with Crippen molar-refractivity contribution in [3.8, 4) is 5.75 Å². The highest BCUT2D eigenvalue weighted by molar-refractivity contribution is 5.94. The zero-order chi connectivity index (χ0) is 29.7. The summed E-state index contributed by atoms with van der Waals surface area (Å²) in [6.07, 6.45) is -1.36. The Hall–Kier alpha value is -4.20. The summed E-state index contributed by atoms with van der Waals surface area (Å²) in [6, 6.07) is 0.543. The number of aliphatic carboxylic acids is 3. The second-order valence-electron chi connectivity index (χ2n) is 9.17. The molecule has 0 aliphatic carbocycles. The summed E-state index contributed by atoms with van der Waals surface area (Å²) in [6.45, 7) is 3.32. The number of aromatic hydroxyl groups is 1. The molecule has 3 amide bonds. The highest BCUT2D eigenvalue weighted by atomic mass is 16.4. The minimum atomic E-state index is -1.48. The number of hydrogen-bond donors (Lipinski definition) is 8. The molecular weight excluding hydrogens is 516 g/mol. The molecule has 1 rings (SSSR count). The van der Waals surface area contributed by atoms with Crippen LogP contribution in [0.1, 0.15) is 51.5 Å². The Bertz CT molecular complexity index is 1030. The zero-order valence-electron chi connectivity index (χ0n) is 21.8. The van der Waals surface area contributed by atoms with Crippen LogP contribution in [-0.2, 0) is 35.2 Å². The first-order valence-corrected chi connectivity index (χ1v) is 12.4. The van der Waals surface area contributed by atoms with Crippen LogP contribution in [0.25, 0.3) is 0 Å². The molecule has 0 saturated heterocycles. The molecule has 1 aromatic rings. The molecule has 0 heterocycles. The number of phenolic OH excluding ortho intramolecular Hbond substituents is 1. The predicted molar refractivity (Wildman–Crippen MR) is 136 cm³/mol. The molecule has 39 heavy (non-hydrogen) atoms. The molecular formula is C25H36N4O10. The van der Waals surface area contributed by atoms with Crippen LogP contribution in [-0.4, -0.2) is 80.2 Å². The van der Waals surface area contributed by atoms with Crippen LogP contribution in [0.5, 0.6) is 5.75 Å². The van der Waals surface area contributed by atoms with Crippen LogP contribution >= 0.6 is 0 Å². The van der Waals surface area contributed by atoms with Crippen molar-refractivity contribution in [2.75, 3.05) is 0 Å². The molecule has 0 radical (unpaired) electrons. The van der Waals surface area contributed by atoms with Crippen molar-refractivity contribution in [3.05, 3.63) is 29.8 Å². The van der Waals surface area contributed by atoms with Gasteiger partial charge in [0.05, 0.1) is 6.04 Å². The van der Waals surface area contributed by atoms with Gasteiger partial charge in [-0.3, -0.25) is 24.0 Å². The molecule has 0 aromatic heterocycles. The van der Waals surface area contributed by atoms with Crippen LogP contribution in [0.15, 0.2) is 24.3 Å². The third kappa shape index (κ3) is 11.8. The van der Waals surface area contributed by atoms with Gasteiger partial charge in [-0.15, -0.1) is 0 Å². The number of rotatable bonds is 17. The first-order chi connectivity index (χ1) is 18.2. The lowest BCUT2D eigenvalue weighted by Crippen LogP contribution is -2.58. The maximum Gasteiger partial charge on any atom is 0.326 e. The number of carbonyl (C=O) groups is 6. The second-order valence-corrected chi connectivity index (χ2v) is 9.17. The molecule has 5 atom stereocenters. The van der Waals surface area contributed by atoms with Gasteiger partial charge < -0.3 is 42.1 Å². The molecule has 14 nitrogen and oxygen atoms in total. The number of phenols is 1. The summed E-state index contributed by atoms with van der Waals surface area (Å²) < 4.78 is 0.